The van der Waals surface area contributed by atoms with Crippen LogP contribution in [0.1, 0.15) is 17.8 Å². The third-order valence-electron chi connectivity index (χ3n) is 4.54. The largest absolute Gasteiger partial charge is 0.494 e. The van der Waals surface area contributed by atoms with E-state index in [1.807, 2.05) is 0 Å². The second-order valence-corrected chi connectivity index (χ2v) is 11.0. The summed E-state index contributed by atoms with van der Waals surface area (Å²) in [5.74, 6) is -0.886. The van der Waals surface area contributed by atoms with Crippen LogP contribution < -0.4 is 4.74 Å². The van der Waals surface area contributed by atoms with E-state index in [2.05, 4.69) is 9.97 Å². The lowest BCUT2D eigenvalue weighted by atomic mass is 10.1. The third kappa shape index (κ3) is 5.12. The van der Waals surface area contributed by atoms with Gasteiger partial charge < -0.3 is 9.84 Å². The zero-order chi connectivity index (χ0) is 21.9. The number of sulfonamides is 1. The molecule has 0 fully saturated rings. The molecule has 0 saturated heterocycles. The summed E-state index contributed by atoms with van der Waals surface area (Å²) in [6.07, 6.45) is 4.26. The number of sulfone groups is 1. The summed E-state index contributed by atoms with van der Waals surface area (Å²) in [4.78, 5) is 19.8. The fourth-order valence-electron chi connectivity index (χ4n) is 3.06. The van der Waals surface area contributed by atoms with Crippen LogP contribution in [0.2, 0.25) is 0 Å². The van der Waals surface area contributed by atoms with E-state index in [1.54, 1.807) is 0 Å². The molecule has 0 radical (unpaired) electrons. The maximum atomic E-state index is 13.1. The van der Waals surface area contributed by atoms with Crippen molar-refractivity contribution < 1.29 is 31.5 Å². The monoisotopic (exact) mass is 455 g/mol. The highest BCUT2D eigenvalue weighted by Gasteiger charge is 2.40. The average Bonchev–Trinajstić information content (AvgIpc) is 2.70. The van der Waals surface area contributed by atoms with Crippen LogP contribution in [-0.4, -0.2) is 66.8 Å². The predicted molar refractivity (Wildman–Crippen MR) is 106 cm³/mol. The summed E-state index contributed by atoms with van der Waals surface area (Å²) in [5.41, 5.74) is 0.888. The van der Waals surface area contributed by atoms with E-state index < -0.39 is 31.9 Å². The molecule has 0 unspecified atom stereocenters. The van der Waals surface area contributed by atoms with E-state index >= 15 is 0 Å². The summed E-state index contributed by atoms with van der Waals surface area (Å²) in [6, 6.07) is 4.26. The molecule has 30 heavy (non-hydrogen) atoms. The molecule has 12 heteroatoms. The molecule has 1 aromatic carbocycles. The number of carboxylic acid groups (broad SMARTS) is 1. The minimum absolute atomic E-state index is 0.00460. The van der Waals surface area contributed by atoms with E-state index in [4.69, 9.17) is 4.74 Å². The summed E-state index contributed by atoms with van der Waals surface area (Å²) in [6.45, 7) is -0.0198. The first-order valence-corrected chi connectivity index (χ1v) is 12.5. The summed E-state index contributed by atoms with van der Waals surface area (Å²) < 4.78 is 54.8. The second kappa shape index (κ2) is 8.66. The highest BCUT2D eigenvalue weighted by molar-refractivity contribution is 7.90. The normalized spacial score (nSPS) is 17.3. The Morgan fingerprint density at radius 1 is 1.13 bits per heavy atom. The van der Waals surface area contributed by atoms with Crippen molar-refractivity contribution in [2.45, 2.75) is 30.3 Å². The van der Waals surface area contributed by atoms with Crippen molar-refractivity contribution in [3.05, 3.63) is 48.0 Å². The van der Waals surface area contributed by atoms with Crippen molar-refractivity contribution >= 4 is 25.8 Å². The van der Waals surface area contributed by atoms with Crippen LogP contribution in [0.4, 0.5) is 0 Å². The molecule has 2 heterocycles. The highest BCUT2D eigenvalue weighted by atomic mass is 32.2. The van der Waals surface area contributed by atoms with Gasteiger partial charge in [0, 0.05) is 25.1 Å². The number of rotatable bonds is 8. The molecule has 1 aromatic heterocycles. The van der Waals surface area contributed by atoms with Gasteiger partial charge in [-0.1, -0.05) is 0 Å². The molecule has 0 bridgehead atoms. The van der Waals surface area contributed by atoms with Gasteiger partial charge in [0.15, 0.2) is 0 Å². The molecule has 0 spiro atoms. The molecule has 10 nitrogen and oxygen atoms in total. The van der Waals surface area contributed by atoms with Crippen molar-refractivity contribution in [2.75, 3.05) is 18.6 Å². The summed E-state index contributed by atoms with van der Waals surface area (Å²) >= 11 is 0. The van der Waals surface area contributed by atoms with E-state index in [1.165, 1.54) is 36.7 Å². The molecular formula is C18H21N3O7S2. The first kappa shape index (κ1) is 22.1. The van der Waals surface area contributed by atoms with Crippen molar-refractivity contribution in [1.82, 2.24) is 14.3 Å². The number of aromatic nitrogens is 2. The standard InChI is InChI=1S/C18H21N3O7S2/c1-29(24,25)10-2-9-28-13-3-5-14(6-4-13)30(26,27)21-12-16-15(19-7-8-20-16)11-17(21)18(22)23/h3-8,17H,2,9-12H2,1H3,(H,22,23)/t17-/m1/s1. The number of hydrogen-bond donors (Lipinski definition) is 1. The third-order valence-corrected chi connectivity index (χ3v) is 7.44. The van der Waals surface area contributed by atoms with E-state index in [0.29, 0.717) is 23.6 Å². The number of carbonyl (C=O) groups is 1. The van der Waals surface area contributed by atoms with Gasteiger partial charge in [-0.15, -0.1) is 0 Å². The van der Waals surface area contributed by atoms with Gasteiger partial charge in [-0.2, -0.15) is 4.31 Å². The number of ether oxygens (including phenoxy) is 1. The van der Waals surface area contributed by atoms with Crippen LogP contribution in [0.5, 0.6) is 5.75 Å². The molecule has 162 valence electrons. The SMILES string of the molecule is CS(=O)(=O)CCCOc1ccc(S(=O)(=O)N2Cc3nccnc3C[C@@H]2C(=O)O)cc1. The Hall–Kier alpha value is -2.57. The highest BCUT2D eigenvalue weighted by Crippen LogP contribution is 2.28. The first-order valence-electron chi connectivity index (χ1n) is 9.02. The number of carboxylic acids is 1. The maximum absolute atomic E-state index is 13.1. The molecule has 1 aliphatic rings. The predicted octanol–water partition coefficient (Wildman–Crippen LogP) is 0.490. The summed E-state index contributed by atoms with van der Waals surface area (Å²) in [5, 5.41) is 9.55. The molecule has 2 aromatic rings. The fraction of sp³-hybridized carbons (Fsp3) is 0.389. The number of benzene rings is 1. The van der Waals surface area contributed by atoms with E-state index in [9.17, 15) is 26.7 Å². The number of fused-ring (bicyclic) bond motifs is 1. The molecule has 1 aliphatic heterocycles. The Bertz CT molecular complexity index is 1130. The van der Waals surface area contributed by atoms with Crippen LogP contribution in [-0.2, 0) is 37.6 Å². The Balaban J connectivity index is 1.76. The summed E-state index contributed by atoms with van der Waals surface area (Å²) in [7, 11) is -7.18. The topological polar surface area (TPSA) is 144 Å². The Labute approximate surface area is 174 Å². The number of hydrogen-bond acceptors (Lipinski definition) is 8. The van der Waals surface area contributed by atoms with Crippen LogP contribution in [0.3, 0.4) is 0 Å². The van der Waals surface area contributed by atoms with Crippen molar-refractivity contribution in [2.24, 2.45) is 0 Å². The molecule has 0 saturated carbocycles. The lowest BCUT2D eigenvalue weighted by molar-refractivity contribution is -0.141. The van der Waals surface area contributed by atoms with Gasteiger partial charge in [0.25, 0.3) is 0 Å². The van der Waals surface area contributed by atoms with Crippen molar-refractivity contribution in [3.63, 3.8) is 0 Å². The Kier molecular flexibility index (Phi) is 6.38. The number of aliphatic carboxylic acids is 1. The van der Waals surface area contributed by atoms with Gasteiger partial charge in [-0.3, -0.25) is 14.8 Å². The van der Waals surface area contributed by atoms with Crippen LogP contribution in [0.15, 0.2) is 41.6 Å². The van der Waals surface area contributed by atoms with E-state index in [-0.39, 0.29) is 30.2 Å². The van der Waals surface area contributed by atoms with Gasteiger partial charge in [0.05, 0.1) is 35.2 Å². The molecule has 3 rings (SSSR count). The fourth-order valence-corrected chi connectivity index (χ4v) is 5.24. The number of nitrogens with zero attached hydrogens (tertiary/aromatic N) is 3. The van der Waals surface area contributed by atoms with Crippen molar-refractivity contribution in [1.29, 1.82) is 0 Å². The van der Waals surface area contributed by atoms with E-state index in [0.717, 1.165) is 10.6 Å². The van der Waals surface area contributed by atoms with Gasteiger partial charge in [-0.05, 0) is 30.7 Å². The first-order chi connectivity index (χ1) is 14.1. The molecule has 1 N–H and O–H groups in total. The lowest BCUT2D eigenvalue weighted by Crippen LogP contribution is -2.49. The zero-order valence-electron chi connectivity index (χ0n) is 16.1. The van der Waals surface area contributed by atoms with Crippen LogP contribution in [0, 0.1) is 0 Å². The van der Waals surface area contributed by atoms with Gasteiger partial charge in [0.2, 0.25) is 10.0 Å². The molecule has 1 atom stereocenters. The van der Waals surface area contributed by atoms with Gasteiger partial charge in [0.1, 0.15) is 21.6 Å². The smallest absolute Gasteiger partial charge is 0.322 e. The van der Waals surface area contributed by atoms with Crippen LogP contribution >= 0.6 is 0 Å². The minimum atomic E-state index is -4.11. The molecular weight excluding hydrogens is 434 g/mol. The van der Waals surface area contributed by atoms with Crippen LogP contribution in [0.25, 0.3) is 0 Å². The Morgan fingerprint density at radius 2 is 1.77 bits per heavy atom. The van der Waals surface area contributed by atoms with Gasteiger partial charge in [-0.25, -0.2) is 16.8 Å². The average molecular weight is 456 g/mol. The second-order valence-electron chi connectivity index (χ2n) is 6.86. The quantitative estimate of drug-likeness (QED) is 0.562. The van der Waals surface area contributed by atoms with Crippen molar-refractivity contribution in [3.8, 4) is 5.75 Å². The Morgan fingerprint density at radius 3 is 2.37 bits per heavy atom. The zero-order valence-corrected chi connectivity index (χ0v) is 17.8. The molecule has 0 aliphatic carbocycles. The maximum Gasteiger partial charge on any atom is 0.322 e. The van der Waals surface area contributed by atoms with Gasteiger partial charge >= 0.3 is 5.97 Å². The minimum Gasteiger partial charge on any atom is -0.494 e. The molecule has 0 amide bonds. The lowest BCUT2D eigenvalue weighted by Gasteiger charge is -2.32.